The van der Waals surface area contributed by atoms with E-state index in [1.54, 1.807) is 24.9 Å². The first-order chi connectivity index (χ1) is 9.88. The number of hydrogen-bond acceptors (Lipinski definition) is 6. The molecule has 0 amide bonds. The van der Waals surface area contributed by atoms with Gasteiger partial charge in [0.1, 0.15) is 5.75 Å². The number of hydrogen-bond donors (Lipinski definition) is 0. The van der Waals surface area contributed by atoms with Crippen molar-refractivity contribution in [1.29, 1.82) is 0 Å². The molecule has 0 aliphatic rings. The molecule has 7 nitrogen and oxygen atoms in total. The Labute approximate surface area is 123 Å². The molecule has 0 saturated heterocycles. The molecule has 0 spiro atoms. The van der Waals surface area contributed by atoms with Gasteiger partial charge in [0, 0.05) is 31.4 Å². The zero-order valence-corrected chi connectivity index (χ0v) is 12.7. The smallest absolute Gasteiger partial charge is 0.310 e. The highest BCUT2D eigenvalue weighted by molar-refractivity contribution is 5.73. The summed E-state index contributed by atoms with van der Waals surface area (Å²) in [6.07, 6.45) is 0. The second kappa shape index (κ2) is 7.47. The van der Waals surface area contributed by atoms with Crippen LogP contribution >= 0.6 is 0 Å². The van der Waals surface area contributed by atoms with Gasteiger partial charge in [0.2, 0.25) is 0 Å². The van der Waals surface area contributed by atoms with Crippen LogP contribution in [0.4, 0.5) is 11.4 Å². The van der Waals surface area contributed by atoms with Crippen LogP contribution in [0, 0.1) is 16.0 Å². The zero-order chi connectivity index (χ0) is 16.0. The van der Waals surface area contributed by atoms with Crippen molar-refractivity contribution in [1.82, 2.24) is 0 Å². The number of non-ortho nitro benzene ring substituents is 1. The van der Waals surface area contributed by atoms with Crippen molar-refractivity contribution < 1.29 is 19.2 Å². The summed E-state index contributed by atoms with van der Waals surface area (Å²) in [5, 5.41) is 11.0. The van der Waals surface area contributed by atoms with Crippen LogP contribution in [0.2, 0.25) is 0 Å². The molecule has 1 unspecified atom stereocenters. The molecule has 0 N–H and O–H groups in total. The van der Waals surface area contributed by atoms with Gasteiger partial charge < -0.3 is 14.4 Å². The fourth-order valence-corrected chi connectivity index (χ4v) is 1.94. The van der Waals surface area contributed by atoms with Crippen molar-refractivity contribution in [2.75, 3.05) is 32.2 Å². The zero-order valence-electron chi connectivity index (χ0n) is 12.7. The number of nitro groups is 1. The molecule has 0 aliphatic carbocycles. The van der Waals surface area contributed by atoms with Crippen LogP contribution in [0.15, 0.2) is 18.2 Å². The molecule has 1 rings (SSSR count). The van der Waals surface area contributed by atoms with Gasteiger partial charge in [-0.3, -0.25) is 14.9 Å². The number of carbonyl (C=O) groups is 1. The number of methoxy groups -OCH3 is 1. The van der Waals surface area contributed by atoms with Crippen LogP contribution in [0.3, 0.4) is 0 Å². The number of ether oxygens (including phenoxy) is 2. The van der Waals surface area contributed by atoms with Gasteiger partial charge in [0.25, 0.3) is 5.69 Å². The van der Waals surface area contributed by atoms with Crippen molar-refractivity contribution in [2.45, 2.75) is 13.8 Å². The average molecular weight is 296 g/mol. The molecular weight excluding hydrogens is 276 g/mol. The van der Waals surface area contributed by atoms with Gasteiger partial charge in [0.15, 0.2) is 0 Å². The van der Waals surface area contributed by atoms with Crippen LogP contribution in [0.5, 0.6) is 5.75 Å². The van der Waals surface area contributed by atoms with E-state index in [1.807, 2.05) is 6.92 Å². The monoisotopic (exact) mass is 296 g/mol. The van der Waals surface area contributed by atoms with Gasteiger partial charge in [-0.05, 0) is 6.92 Å². The quantitative estimate of drug-likeness (QED) is 0.436. The predicted molar refractivity (Wildman–Crippen MR) is 78.7 cm³/mol. The van der Waals surface area contributed by atoms with Crippen molar-refractivity contribution >= 4 is 17.3 Å². The maximum atomic E-state index is 11.4. The standard InChI is InChI=1S/C14H20N2O5/c1-5-21-13-7-11(6-12(8-13)16(18)19)15(3)9-10(2)14(17)20-4/h6-8,10H,5,9H2,1-4H3. The van der Waals surface area contributed by atoms with Gasteiger partial charge in [-0.25, -0.2) is 0 Å². The minimum absolute atomic E-state index is 0.0477. The first-order valence-corrected chi connectivity index (χ1v) is 6.60. The van der Waals surface area contributed by atoms with Gasteiger partial charge >= 0.3 is 5.97 Å². The highest BCUT2D eigenvalue weighted by Gasteiger charge is 2.18. The molecule has 1 aromatic carbocycles. The Morgan fingerprint density at radius 2 is 2.10 bits per heavy atom. The van der Waals surface area contributed by atoms with Crippen molar-refractivity contribution in [3.05, 3.63) is 28.3 Å². The lowest BCUT2D eigenvalue weighted by Gasteiger charge is -2.22. The molecular formula is C14H20N2O5. The van der Waals surface area contributed by atoms with Gasteiger partial charge in [-0.1, -0.05) is 6.92 Å². The molecule has 1 atom stereocenters. The second-order valence-electron chi connectivity index (χ2n) is 4.68. The molecule has 0 heterocycles. The molecule has 0 aliphatic heterocycles. The molecule has 21 heavy (non-hydrogen) atoms. The number of benzene rings is 1. The maximum absolute atomic E-state index is 11.4. The summed E-state index contributed by atoms with van der Waals surface area (Å²) in [6, 6.07) is 4.54. The minimum Gasteiger partial charge on any atom is -0.494 e. The number of rotatable bonds is 7. The van der Waals surface area contributed by atoms with E-state index in [0.717, 1.165) is 0 Å². The Morgan fingerprint density at radius 1 is 1.43 bits per heavy atom. The molecule has 0 aromatic heterocycles. The van der Waals surface area contributed by atoms with Gasteiger partial charge in [0.05, 0.1) is 30.6 Å². The first kappa shape index (κ1) is 16.7. The number of nitro benzene ring substituents is 1. The fraction of sp³-hybridized carbons (Fsp3) is 0.500. The second-order valence-corrected chi connectivity index (χ2v) is 4.68. The van der Waals surface area contributed by atoms with E-state index >= 15 is 0 Å². The Bertz CT molecular complexity index is 518. The summed E-state index contributed by atoms with van der Waals surface area (Å²) in [6.45, 7) is 4.35. The van der Waals surface area contributed by atoms with E-state index in [4.69, 9.17) is 4.74 Å². The Morgan fingerprint density at radius 3 is 2.62 bits per heavy atom. The Hall–Kier alpha value is -2.31. The van der Waals surface area contributed by atoms with E-state index in [0.29, 0.717) is 24.6 Å². The highest BCUT2D eigenvalue weighted by Crippen LogP contribution is 2.28. The van der Waals surface area contributed by atoms with Crippen molar-refractivity contribution in [3.63, 3.8) is 0 Å². The molecule has 0 radical (unpaired) electrons. The fourth-order valence-electron chi connectivity index (χ4n) is 1.94. The summed E-state index contributed by atoms with van der Waals surface area (Å²) in [5.41, 5.74) is 0.567. The van der Waals surface area contributed by atoms with Crippen LogP contribution in [-0.2, 0) is 9.53 Å². The third-order valence-corrected chi connectivity index (χ3v) is 2.99. The van der Waals surface area contributed by atoms with E-state index in [9.17, 15) is 14.9 Å². The average Bonchev–Trinajstić information content (AvgIpc) is 2.46. The van der Waals surface area contributed by atoms with Gasteiger partial charge in [-0.2, -0.15) is 0 Å². The van der Waals surface area contributed by atoms with Crippen LogP contribution < -0.4 is 9.64 Å². The number of anilines is 1. The molecule has 0 fully saturated rings. The largest absolute Gasteiger partial charge is 0.494 e. The number of carbonyl (C=O) groups excluding carboxylic acids is 1. The van der Waals surface area contributed by atoms with E-state index in [2.05, 4.69) is 4.74 Å². The Balaban J connectivity index is 2.99. The lowest BCUT2D eigenvalue weighted by atomic mass is 10.1. The van der Waals surface area contributed by atoms with E-state index in [-0.39, 0.29) is 17.6 Å². The van der Waals surface area contributed by atoms with Crippen LogP contribution in [0.1, 0.15) is 13.8 Å². The first-order valence-electron chi connectivity index (χ1n) is 6.60. The third-order valence-electron chi connectivity index (χ3n) is 2.99. The molecule has 7 heteroatoms. The van der Waals surface area contributed by atoms with Crippen molar-refractivity contribution in [3.8, 4) is 5.75 Å². The van der Waals surface area contributed by atoms with Crippen molar-refractivity contribution in [2.24, 2.45) is 5.92 Å². The summed E-state index contributed by atoms with van der Waals surface area (Å²) in [4.78, 5) is 23.7. The van der Waals surface area contributed by atoms with Gasteiger partial charge in [-0.15, -0.1) is 0 Å². The Kier molecular flexibility index (Phi) is 5.95. The summed E-state index contributed by atoms with van der Waals surface area (Å²) in [5.74, 6) is -0.230. The summed E-state index contributed by atoms with van der Waals surface area (Å²) >= 11 is 0. The summed E-state index contributed by atoms with van der Waals surface area (Å²) in [7, 11) is 3.09. The maximum Gasteiger partial charge on any atom is 0.310 e. The molecule has 1 aromatic rings. The summed E-state index contributed by atoms with van der Waals surface area (Å²) < 4.78 is 10.0. The van der Waals surface area contributed by atoms with E-state index in [1.165, 1.54) is 19.2 Å². The number of esters is 1. The minimum atomic E-state index is -0.469. The number of nitrogens with zero attached hydrogens (tertiary/aromatic N) is 2. The van der Waals surface area contributed by atoms with Crippen LogP contribution in [-0.4, -0.2) is 38.2 Å². The normalized spacial score (nSPS) is 11.6. The SMILES string of the molecule is CCOc1cc(N(C)CC(C)C(=O)OC)cc([N+](=O)[O-])c1. The lowest BCUT2D eigenvalue weighted by molar-refractivity contribution is -0.384. The van der Waals surface area contributed by atoms with E-state index < -0.39 is 4.92 Å². The predicted octanol–water partition coefficient (Wildman–Crippen LogP) is 2.24. The third kappa shape index (κ3) is 4.62. The topological polar surface area (TPSA) is 81.9 Å². The van der Waals surface area contributed by atoms with Crippen LogP contribution in [0.25, 0.3) is 0 Å². The lowest BCUT2D eigenvalue weighted by Crippen LogP contribution is -2.29. The highest BCUT2D eigenvalue weighted by atomic mass is 16.6. The molecule has 0 bridgehead atoms. The molecule has 0 saturated carbocycles. The molecule has 116 valence electrons.